The summed E-state index contributed by atoms with van der Waals surface area (Å²) < 4.78 is 2.38. The zero-order chi connectivity index (χ0) is 22.1. The van der Waals surface area contributed by atoms with Crippen molar-refractivity contribution in [2.75, 3.05) is 11.4 Å². The first kappa shape index (κ1) is 21.9. The van der Waals surface area contributed by atoms with Crippen molar-refractivity contribution in [2.45, 2.75) is 72.3 Å². The molecule has 2 heterocycles. The number of aryl methyl sites for hydroxylation is 2. The molecule has 0 atom stereocenters. The van der Waals surface area contributed by atoms with E-state index in [1.165, 1.54) is 11.1 Å². The van der Waals surface area contributed by atoms with E-state index < -0.39 is 0 Å². The highest BCUT2D eigenvalue weighted by Gasteiger charge is 2.26. The maximum atomic E-state index is 12.2. The van der Waals surface area contributed by atoms with Gasteiger partial charge in [-0.3, -0.25) is 4.79 Å². The highest BCUT2D eigenvalue weighted by Crippen LogP contribution is 2.39. The summed E-state index contributed by atoms with van der Waals surface area (Å²) in [4.78, 5) is 19.6. The van der Waals surface area contributed by atoms with Crippen molar-refractivity contribution in [1.29, 1.82) is 0 Å². The van der Waals surface area contributed by atoms with Gasteiger partial charge in [-0.1, -0.05) is 38.4 Å². The van der Waals surface area contributed by atoms with E-state index in [2.05, 4.69) is 42.4 Å². The summed E-state index contributed by atoms with van der Waals surface area (Å²) in [7, 11) is 0. The number of halogens is 1. The van der Waals surface area contributed by atoms with Crippen LogP contribution in [0.3, 0.4) is 0 Å². The number of ketones is 1. The lowest BCUT2D eigenvalue weighted by atomic mass is 9.93. The maximum absolute atomic E-state index is 12.2. The number of carbonyl (C=O) groups excluding carboxylic acids is 1. The van der Waals surface area contributed by atoms with Crippen LogP contribution < -0.4 is 4.90 Å². The van der Waals surface area contributed by atoms with Crippen molar-refractivity contribution in [3.05, 3.63) is 52.0 Å². The number of Topliss-reactive ketones (excluding diaryl/α,β-unsaturated/α-hetero) is 1. The third-order valence-electron chi connectivity index (χ3n) is 6.67. The van der Waals surface area contributed by atoms with E-state index in [0.29, 0.717) is 17.4 Å². The van der Waals surface area contributed by atoms with Crippen LogP contribution in [0.25, 0.3) is 11.0 Å². The Morgan fingerprint density at radius 3 is 2.52 bits per heavy atom. The number of carbonyl (C=O) groups is 1. The molecule has 3 aromatic rings. The Balaban J connectivity index is 1.90. The van der Waals surface area contributed by atoms with Gasteiger partial charge in [-0.25, -0.2) is 4.98 Å². The average Bonchev–Trinajstić information content (AvgIpc) is 3.04. The molecule has 4 rings (SSSR count). The van der Waals surface area contributed by atoms with Crippen molar-refractivity contribution < 1.29 is 4.79 Å². The van der Waals surface area contributed by atoms with E-state index in [9.17, 15) is 4.79 Å². The Bertz CT molecular complexity index is 1110. The summed E-state index contributed by atoms with van der Waals surface area (Å²) in [6.45, 7) is 10.4. The number of benzene rings is 2. The largest absolute Gasteiger partial charge is 0.312 e. The first-order valence-corrected chi connectivity index (χ1v) is 12.0. The predicted octanol–water partition coefficient (Wildman–Crippen LogP) is 7.43. The molecule has 1 aliphatic rings. The lowest BCUT2D eigenvalue weighted by Crippen LogP contribution is -2.21. The molecule has 0 saturated heterocycles. The monoisotopic (exact) mass is 437 g/mol. The Morgan fingerprint density at radius 1 is 1.10 bits per heavy atom. The summed E-state index contributed by atoms with van der Waals surface area (Å²) in [5.41, 5.74) is 6.45. The minimum atomic E-state index is 0.180. The van der Waals surface area contributed by atoms with Gasteiger partial charge in [0.1, 0.15) is 5.52 Å². The van der Waals surface area contributed by atoms with Crippen molar-refractivity contribution in [3.63, 3.8) is 0 Å². The molecule has 0 unspecified atom stereocenters. The van der Waals surface area contributed by atoms with Crippen LogP contribution in [0.15, 0.2) is 30.3 Å². The predicted molar refractivity (Wildman–Crippen MR) is 130 cm³/mol. The highest BCUT2D eigenvalue weighted by molar-refractivity contribution is 6.35. The summed E-state index contributed by atoms with van der Waals surface area (Å²) in [5.74, 6) is 1.64. The summed E-state index contributed by atoms with van der Waals surface area (Å²) in [6, 6.07) is 10.3. The number of hydrogen-bond acceptors (Lipinski definition) is 3. The quantitative estimate of drug-likeness (QED) is 0.376. The van der Waals surface area contributed by atoms with Gasteiger partial charge in [0, 0.05) is 30.8 Å². The number of nitrogens with zero attached hydrogens (tertiary/aromatic N) is 3. The second-order valence-corrected chi connectivity index (χ2v) is 8.95. The fourth-order valence-electron chi connectivity index (χ4n) is 4.90. The van der Waals surface area contributed by atoms with Gasteiger partial charge in [-0.2, -0.15) is 0 Å². The molecule has 0 aliphatic carbocycles. The van der Waals surface area contributed by atoms with E-state index in [1.54, 1.807) is 0 Å². The SMILES string of the molecule is CCC(=O)c1ccc(N2CCCCn3c2nc2c(Cl)ccc(C(CC)CC)c23)c(C)c1. The van der Waals surface area contributed by atoms with Crippen LogP contribution >= 0.6 is 11.6 Å². The van der Waals surface area contributed by atoms with Gasteiger partial charge in [0.2, 0.25) is 5.95 Å². The third-order valence-corrected chi connectivity index (χ3v) is 6.97. The number of rotatable bonds is 6. The Morgan fingerprint density at radius 2 is 1.84 bits per heavy atom. The molecule has 0 bridgehead atoms. The van der Waals surface area contributed by atoms with Crippen LogP contribution in [0.5, 0.6) is 0 Å². The lowest BCUT2D eigenvalue weighted by Gasteiger charge is -2.24. The standard InChI is InChI=1S/C26H32ClN3O/c1-5-18(6-2)20-11-12-21(27)24-25(20)30-15-9-8-14-29(26(30)28-24)22-13-10-19(16-17(22)4)23(31)7-3/h10-13,16,18H,5-9,14-15H2,1-4H3. The second-order valence-electron chi connectivity index (χ2n) is 8.55. The topological polar surface area (TPSA) is 38.1 Å². The zero-order valence-corrected chi connectivity index (χ0v) is 19.8. The fourth-order valence-corrected chi connectivity index (χ4v) is 5.10. The Labute approximate surface area is 190 Å². The molecule has 4 nitrogen and oxygen atoms in total. The molecule has 0 saturated carbocycles. The highest BCUT2D eigenvalue weighted by atomic mass is 35.5. The van der Waals surface area contributed by atoms with Crippen molar-refractivity contribution in [3.8, 4) is 0 Å². The summed E-state index contributed by atoms with van der Waals surface area (Å²) in [6.07, 6.45) is 4.93. The molecule has 0 N–H and O–H groups in total. The smallest absolute Gasteiger partial charge is 0.211 e. The molecule has 1 aliphatic heterocycles. The van der Waals surface area contributed by atoms with Crippen LogP contribution in [-0.2, 0) is 6.54 Å². The molecule has 2 aromatic carbocycles. The third kappa shape index (κ3) is 3.87. The number of fused-ring (bicyclic) bond motifs is 3. The van der Waals surface area contributed by atoms with E-state index in [-0.39, 0.29) is 5.78 Å². The second kappa shape index (κ2) is 9.04. The molecule has 0 spiro atoms. The van der Waals surface area contributed by atoms with Crippen LogP contribution in [0, 0.1) is 6.92 Å². The number of aromatic nitrogens is 2. The van der Waals surface area contributed by atoms with E-state index in [1.807, 2.05) is 25.1 Å². The maximum Gasteiger partial charge on any atom is 0.211 e. The van der Waals surface area contributed by atoms with E-state index in [0.717, 1.165) is 67.1 Å². The number of anilines is 2. The molecule has 0 fully saturated rings. The van der Waals surface area contributed by atoms with Gasteiger partial charge in [0.15, 0.2) is 5.78 Å². The zero-order valence-electron chi connectivity index (χ0n) is 19.0. The lowest BCUT2D eigenvalue weighted by molar-refractivity contribution is 0.0988. The molecule has 1 aromatic heterocycles. The molecule has 164 valence electrons. The molecular weight excluding hydrogens is 406 g/mol. The van der Waals surface area contributed by atoms with Crippen molar-refractivity contribution in [1.82, 2.24) is 9.55 Å². The molecule has 5 heteroatoms. The fraction of sp³-hybridized carbons (Fsp3) is 0.462. The molecule has 0 amide bonds. The van der Waals surface area contributed by atoms with Crippen LogP contribution in [0.1, 0.15) is 80.3 Å². The van der Waals surface area contributed by atoms with Crippen LogP contribution in [-0.4, -0.2) is 21.9 Å². The molecule has 0 radical (unpaired) electrons. The van der Waals surface area contributed by atoms with Gasteiger partial charge in [0.25, 0.3) is 0 Å². The number of imidazole rings is 1. The minimum Gasteiger partial charge on any atom is -0.312 e. The van der Waals surface area contributed by atoms with Crippen molar-refractivity contribution >= 4 is 40.1 Å². The summed E-state index contributed by atoms with van der Waals surface area (Å²) >= 11 is 6.65. The van der Waals surface area contributed by atoms with E-state index >= 15 is 0 Å². The normalized spacial score (nSPS) is 14.2. The van der Waals surface area contributed by atoms with Crippen molar-refractivity contribution in [2.24, 2.45) is 0 Å². The minimum absolute atomic E-state index is 0.180. The van der Waals surface area contributed by atoms with Gasteiger partial charge in [-0.15, -0.1) is 0 Å². The Hall–Kier alpha value is -2.33. The first-order valence-electron chi connectivity index (χ1n) is 11.6. The van der Waals surface area contributed by atoms with Crippen LogP contribution in [0.2, 0.25) is 5.02 Å². The van der Waals surface area contributed by atoms with E-state index in [4.69, 9.17) is 16.6 Å². The van der Waals surface area contributed by atoms with Gasteiger partial charge >= 0.3 is 0 Å². The molecule has 31 heavy (non-hydrogen) atoms. The van der Waals surface area contributed by atoms with Gasteiger partial charge in [-0.05, 0) is 73.9 Å². The van der Waals surface area contributed by atoms with Crippen LogP contribution in [0.4, 0.5) is 11.6 Å². The van der Waals surface area contributed by atoms with Gasteiger partial charge in [0.05, 0.1) is 10.5 Å². The number of hydrogen-bond donors (Lipinski definition) is 0. The molecular formula is C26H32ClN3O. The Kier molecular flexibility index (Phi) is 6.38. The average molecular weight is 438 g/mol. The summed E-state index contributed by atoms with van der Waals surface area (Å²) in [5, 5.41) is 0.714. The van der Waals surface area contributed by atoms with Gasteiger partial charge < -0.3 is 9.47 Å². The first-order chi connectivity index (χ1) is 15.0.